The maximum absolute atomic E-state index is 13.6. The second kappa shape index (κ2) is 8.61. The highest BCUT2D eigenvalue weighted by Gasteiger charge is 2.34. The summed E-state index contributed by atoms with van der Waals surface area (Å²) in [4.78, 5) is 24.6. The summed E-state index contributed by atoms with van der Waals surface area (Å²) in [6, 6.07) is 11.0. The van der Waals surface area contributed by atoms with Gasteiger partial charge in [-0.15, -0.1) is 0 Å². The van der Waals surface area contributed by atoms with Crippen LogP contribution in [0.4, 0.5) is 28.9 Å². The number of alkyl halides is 3. The summed E-state index contributed by atoms with van der Waals surface area (Å²) in [7, 11) is 0. The number of furan rings is 1. The Kier molecular flexibility index (Phi) is 5.69. The van der Waals surface area contributed by atoms with Gasteiger partial charge in [0.05, 0.1) is 28.8 Å². The molecule has 4 aromatic rings. The van der Waals surface area contributed by atoms with Crippen LogP contribution in [0.1, 0.15) is 26.4 Å². The Labute approximate surface area is 183 Å². The quantitative estimate of drug-likeness (QED) is 0.406. The molecular weight excluding hydrogens is 444 g/mol. The fourth-order valence-corrected chi connectivity index (χ4v) is 2.96. The molecule has 0 unspecified atom stereocenters. The van der Waals surface area contributed by atoms with Crippen LogP contribution in [0.3, 0.4) is 0 Å². The normalized spacial score (nSPS) is 11.3. The molecule has 11 heteroatoms. The Balaban J connectivity index is 1.56. The average Bonchev–Trinajstić information content (AvgIpc) is 3.46. The summed E-state index contributed by atoms with van der Waals surface area (Å²) in [5, 5.41) is 8.50. The Morgan fingerprint density at radius 2 is 1.79 bits per heavy atom. The van der Waals surface area contributed by atoms with Gasteiger partial charge in [0.2, 0.25) is 0 Å². The molecule has 2 heterocycles. The third kappa shape index (κ3) is 4.92. The molecule has 0 aliphatic heterocycles. The molecule has 0 fully saturated rings. The zero-order chi connectivity index (χ0) is 23.6. The van der Waals surface area contributed by atoms with Crippen LogP contribution in [0.25, 0.3) is 5.69 Å². The first-order valence-corrected chi connectivity index (χ1v) is 9.38. The maximum atomic E-state index is 13.6. The van der Waals surface area contributed by atoms with E-state index in [1.54, 1.807) is 6.07 Å². The van der Waals surface area contributed by atoms with Crippen LogP contribution in [0.2, 0.25) is 0 Å². The number of hydrogen-bond acceptors (Lipinski definition) is 4. The summed E-state index contributed by atoms with van der Waals surface area (Å²) >= 11 is 0. The van der Waals surface area contributed by atoms with E-state index < -0.39 is 35.1 Å². The smallest absolute Gasteiger partial charge is 0.418 e. The number of nitrogens with one attached hydrogen (secondary N) is 2. The van der Waals surface area contributed by atoms with Gasteiger partial charge < -0.3 is 15.1 Å². The van der Waals surface area contributed by atoms with Gasteiger partial charge >= 0.3 is 6.18 Å². The lowest BCUT2D eigenvalue weighted by Gasteiger charge is -2.15. The van der Waals surface area contributed by atoms with Crippen molar-refractivity contribution in [2.45, 2.75) is 6.18 Å². The minimum atomic E-state index is -4.82. The first kappa shape index (κ1) is 21.8. The topological polar surface area (TPSA) is 89.2 Å². The van der Waals surface area contributed by atoms with Crippen LogP contribution in [-0.2, 0) is 6.18 Å². The molecule has 2 amide bonds. The van der Waals surface area contributed by atoms with E-state index in [4.69, 9.17) is 4.42 Å². The van der Waals surface area contributed by atoms with Crippen LogP contribution in [-0.4, -0.2) is 21.6 Å². The molecule has 4 rings (SSSR count). The molecule has 0 radical (unpaired) electrons. The van der Waals surface area contributed by atoms with E-state index in [1.165, 1.54) is 53.5 Å². The van der Waals surface area contributed by atoms with Crippen molar-refractivity contribution in [1.82, 2.24) is 9.78 Å². The highest BCUT2D eigenvalue weighted by atomic mass is 19.4. The predicted octanol–water partition coefficient (Wildman–Crippen LogP) is 5.13. The highest BCUT2D eigenvalue weighted by Crippen LogP contribution is 2.37. The van der Waals surface area contributed by atoms with Crippen molar-refractivity contribution in [3.05, 3.63) is 96.0 Å². The van der Waals surface area contributed by atoms with Crippen molar-refractivity contribution >= 4 is 23.2 Å². The third-order valence-electron chi connectivity index (χ3n) is 4.51. The lowest BCUT2D eigenvalue weighted by Crippen LogP contribution is -2.18. The van der Waals surface area contributed by atoms with Gasteiger partial charge in [0.15, 0.2) is 5.69 Å². The van der Waals surface area contributed by atoms with Crippen molar-refractivity contribution in [3.8, 4) is 5.69 Å². The molecule has 0 spiro atoms. The van der Waals surface area contributed by atoms with E-state index in [0.717, 1.165) is 12.3 Å². The van der Waals surface area contributed by atoms with E-state index in [-0.39, 0.29) is 16.9 Å². The summed E-state index contributed by atoms with van der Waals surface area (Å²) < 4.78 is 60.3. The van der Waals surface area contributed by atoms with Gasteiger partial charge in [0.1, 0.15) is 12.1 Å². The van der Waals surface area contributed by atoms with Crippen LogP contribution >= 0.6 is 0 Å². The largest absolute Gasteiger partial charge is 0.472 e. The van der Waals surface area contributed by atoms with E-state index >= 15 is 0 Å². The second-order valence-corrected chi connectivity index (χ2v) is 6.80. The van der Waals surface area contributed by atoms with E-state index in [2.05, 4.69) is 15.7 Å². The van der Waals surface area contributed by atoms with E-state index in [9.17, 15) is 27.2 Å². The van der Waals surface area contributed by atoms with Gasteiger partial charge in [-0.1, -0.05) is 6.07 Å². The Morgan fingerprint density at radius 3 is 2.48 bits per heavy atom. The van der Waals surface area contributed by atoms with Crippen molar-refractivity contribution in [3.63, 3.8) is 0 Å². The second-order valence-electron chi connectivity index (χ2n) is 6.80. The summed E-state index contributed by atoms with van der Waals surface area (Å²) in [5.41, 5.74) is -1.51. The minimum absolute atomic E-state index is 0.123. The van der Waals surface area contributed by atoms with Gasteiger partial charge in [-0.3, -0.25) is 9.59 Å². The number of benzene rings is 2. The zero-order valence-corrected chi connectivity index (χ0v) is 16.6. The summed E-state index contributed by atoms with van der Waals surface area (Å²) in [6.45, 7) is 0. The summed E-state index contributed by atoms with van der Waals surface area (Å²) in [6.07, 6.45) is -1.04. The van der Waals surface area contributed by atoms with Crippen molar-refractivity contribution in [1.29, 1.82) is 0 Å². The molecule has 2 N–H and O–H groups in total. The van der Waals surface area contributed by atoms with Gasteiger partial charge in [-0.05, 0) is 48.5 Å². The first-order valence-electron chi connectivity index (χ1n) is 9.38. The Hall–Kier alpha value is -4.41. The molecule has 0 atom stereocenters. The van der Waals surface area contributed by atoms with Crippen LogP contribution in [0.15, 0.2) is 77.7 Å². The standard InChI is InChI=1S/C22H14F4N4O3/c23-14-2-1-3-16(10-14)30-8-6-19(29-30)21(32)28-18-5-4-15(11-17(18)22(24,25)26)27-20(31)13-7-9-33-12-13/h1-12H,(H,27,31)(H,28,32). The number of carbonyl (C=O) groups excluding carboxylic acids is 2. The molecule has 0 aliphatic rings. The fourth-order valence-electron chi connectivity index (χ4n) is 2.96. The molecule has 168 valence electrons. The molecule has 0 aliphatic carbocycles. The fraction of sp³-hybridized carbons (Fsp3) is 0.0455. The van der Waals surface area contributed by atoms with Gasteiger partial charge in [0, 0.05) is 11.9 Å². The number of anilines is 2. The highest BCUT2D eigenvalue weighted by molar-refractivity contribution is 6.05. The lowest BCUT2D eigenvalue weighted by atomic mass is 10.1. The number of nitrogens with zero attached hydrogens (tertiary/aromatic N) is 2. The van der Waals surface area contributed by atoms with E-state index in [1.807, 2.05) is 0 Å². The molecule has 0 saturated heterocycles. The van der Waals surface area contributed by atoms with Crippen molar-refractivity contribution in [2.24, 2.45) is 0 Å². The van der Waals surface area contributed by atoms with Crippen molar-refractivity contribution < 1.29 is 31.6 Å². The molecule has 7 nitrogen and oxygen atoms in total. The molecular formula is C22H14F4N4O3. The third-order valence-corrected chi connectivity index (χ3v) is 4.51. The first-order chi connectivity index (χ1) is 15.7. The molecule has 2 aromatic carbocycles. The average molecular weight is 458 g/mol. The van der Waals surface area contributed by atoms with Crippen molar-refractivity contribution in [2.75, 3.05) is 10.6 Å². The number of halogens is 4. The predicted molar refractivity (Wildman–Crippen MR) is 110 cm³/mol. The Bertz CT molecular complexity index is 1310. The van der Waals surface area contributed by atoms with Gasteiger partial charge in [-0.2, -0.15) is 18.3 Å². The SMILES string of the molecule is O=C(Nc1ccc(NC(=O)c2ccn(-c3cccc(F)c3)n2)c(C(F)(F)F)c1)c1ccoc1. The number of carbonyl (C=O) groups is 2. The van der Waals surface area contributed by atoms with Crippen LogP contribution in [0.5, 0.6) is 0 Å². The summed E-state index contributed by atoms with van der Waals surface area (Å²) in [5.74, 6) is -2.06. The Morgan fingerprint density at radius 1 is 0.970 bits per heavy atom. The molecule has 0 bridgehead atoms. The van der Waals surface area contributed by atoms with Gasteiger partial charge in [-0.25, -0.2) is 9.07 Å². The zero-order valence-electron chi connectivity index (χ0n) is 16.6. The maximum Gasteiger partial charge on any atom is 0.418 e. The molecule has 33 heavy (non-hydrogen) atoms. The lowest BCUT2D eigenvalue weighted by molar-refractivity contribution is -0.136. The number of amides is 2. The minimum Gasteiger partial charge on any atom is -0.472 e. The number of rotatable bonds is 5. The number of aromatic nitrogens is 2. The van der Waals surface area contributed by atoms with Gasteiger partial charge in [0.25, 0.3) is 11.8 Å². The van der Waals surface area contributed by atoms with Crippen LogP contribution in [0, 0.1) is 5.82 Å². The van der Waals surface area contributed by atoms with Crippen LogP contribution < -0.4 is 10.6 Å². The monoisotopic (exact) mass is 458 g/mol. The molecule has 0 saturated carbocycles. The number of hydrogen-bond donors (Lipinski definition) is 2. The van der Waals surface area contributed by atoms with E-state index in [0.29, 0.717) is 11.8 Å². The molecule has 2 aromatic heterocycles.